The molecule has 2 aromatic rings. The molecule has 1 N–H and O–H groups in total. The number of amides is 1. The quantitative estimate of drug-likeness (QED) is 0.613. The molecule has 1 unspecified atom stereocenters. The van der Waals surface area contributed by atoms with Crippen LogP contribution in [-0.2, 0) is 14.8 Å². The zero-order valence-electron chi connectivity index (χ0n) is 17.0. The Morgan fingerprint density at radius 2 is 1.87 bits per heavy atom. The molecule has 1 atom stereocenters. The first-order valence-corrected chi connectivity index (χ1v) is 11.6. The molecule has 1 heterocycles. The lowest BCUT2D eigenvalue weighted by Gasteiger charge is -2.16. The Morgan fingerprint density at radius 1 is 1.17 bits per heavy atom. The minimum atomic E-state index is -3.93. The van der Waals surface area contributed by atoms with E-state index in [-0.39, 0.29) is 11.7 Å². The minimum Gasteiger partial charge on any atom is -0.374 e. The molecule has 162 valence electrons. The summed E-state index contributed by atoms with van der Waals surface area (Å²) < 4.78 is 46.5. The second kappa shape index (κ2) is 10.1. The molecule has 1 amide bonds. The van der Waals surface area contributed by atoms with Crippen molar-refractivity contribution in [3.63, 3.8) is 0 Å². The van der Waals surface area contributed by atoms with Crippen molar-refractivity contribution in [1.29, 1.82) is 0 Å². The second-order valence-electron chi connectivity index (χ2n) is 7.29. The fraction of sp³-hybridized carbons (Fsp3) is 0.409. The van der Waals surface area contributed by atoms with Crippen LogP contribution >= 0.6 is 0 Å². The van der Waals surface area contributed by atoms with Crippen molar-refractivity contribution in [1.82, 2.24) is 9.62 Å². The van der Waals surface area contributed by atoms with Gasteiger partial charge >= 0.3 is 0 Å². The number of rotatable bonds is 9. The van der Waals surface area contributed by atoms with Gasteiger partial charge in [0.05, 0.1) is 6.10 Å². The van der Waals surface area contributed by atoms with Gasteiger partial charge in [0, 0.05) is 31.8 Å². The van der Waals surface area contributed by atoms with E-state index in [4.69, 9.17) is 4.74 Å². The van der Waals surface area contributed by atoms with E-state index in [1.807, 2.05) is 37.3 Å². The Kier molecular flexibility index (Phi) is 7.58. The molecule has 0 spiro atoms. The Bertz CT molecular complexity index is 960. The van der Waals surface area contributed by atoms with E-state index in [0.717, 1.165) is 30.5 Å². The Labute approximate surface area is 177 Å². The summed E-state index contributed by atoms with van der Waals surface area (Å²) in [5.74, 6) is -1.29. The van der Waals surface area contributed by atoms with Crippen LogP contribution in [0, 0.1) is 5.82 Å². The average Bonchev–Trinajstić information content (AvgIpc) is 3.30. The van der Waals surface area contributed by atoms with Crippen LogP contribution < -0.4 is 5.32 Å². The highest BCUT2D eigenvalue weighted by atomic mass is 32.2. The van der Waals surface area contributed by atoms with Gasteiger partial charge in [0.25, 0.3) is 5.91 Å². The SMILES string of the molecule is CC(OCCCNC(=O)c1ccc(F)c(S(=O)(=O)N2CCCC2)c1)c1ccccc1. The molecule has 6 nitrogen and oxygen atoms in total. The third-order valence-electron chi connectivity index (χ3n) is 5.12. The normalized spacial score (nSPS) is 15.8. The predicted molar refractivity (Wildman–Crippen MR) is 112 cm³/mol. The number of ether oxygens (including phenoxy) is 1. The third-order valence-corrected chi connectivity index (χ3v) is 7.03. The van der Waals surface area contributed by atoms with Crippen LogP contribution in [0.4, 0.5) is 4.39 Å². The van der Waals surface area contributed by atoms with Crippen LogP contribution in [0.3, 0.4) is 0 Å². The van der Waals surface area contributed by atoms with Crippen LogP contribution in [0.15, 0.2) is 53.4 Å². The smallest absolute Gasteiger partial charge is 0.251 e. The molecule has 0 aliphatic carbocycles. The summed E-state index contributed by atoms with van der Waals surface area (Å²) >= 11 is 0. The lowest BCUT2D eigenvalue weighted by molar-refractivity contribution is 0.0635. The summed E-state index contributed by atoms with van der Waals surface area (Å²) in [7, 11) is -3.93. The van der Waals surface area contributed by atoms with Crippen molar-refractivity contribution in [2.24, 2.45) is 0 Å². The Balaban J connectivity index is 1.52. The summed E-state index contributed by atoms with van der Waals surface area (Å²) in [6.45, 7) is 3.55. The minimum absolute atomic E-state index is 0.0441. The zero-order chi connectivity index (χ0) is 21.6. The molecule has 1 aliphatic heterocycles. The van der Waals surface area contributed by atoms with Gasteiger partial charge in [0.15, 0.2) is 0 Å². The number of benzene rings is 2. The lowest BCUT2D eigenvalue weighted by atomic mass is 10.1. The van der Waals surface area contributed by atoms with Crippen molar-refractivity contribution in [2.45, 2.75) is 37.2 Å². The fourth-order valence-corrected chi connectivity index (χ4v) is 4.97. The standard InChI is InChI=1S/C22H27FN2O4S/c1-17(18-8-3-2-4-9-18)29-15-7-12-24-22(26)19-10-11-20(23)21(16-19)30(27,28)25-13-5-6-14-25/h2-4,8-11,16-17H,5-7,12-15H2,1H3,(H,24,26). The van der Waals surface area contributed by atoms with Gasteiger partial charge in [-0.05, 0) is 49.9 Å². The number of nitrogens with zero attached hydrogens (tertiary/aromatic N) is 1. The number of carbonyl (C=O) groups is 1. The topological polar surface area (TPSA) is 75.7 Å². The van der Waals surface area contributed by atoms with Crippen LogP contribution in [-0.4, -0.2) is 44.9 Å². The lowest BCUT2D eigenvalue weighted by Crippen LogP contribution is -2.29. The number of hydrogen-bond donors (Lipinski definition) is 1. The summed E-state index contributed by atoms with van der Waals surface area (Å²) in [6, 6.07) is 13.3. The molecule has 0 radical (unpaired) electrons. The van der Waals surface area contributed by atoms with E-state index < -0.39 is 26.6 Å². The maximum absolute atomic E-state index is 14.2. The van der Waals surface area contributed by atoms with Crippen LogP contribution in [0.2, 0.25) is 0 Å². The molecule has 0 bridgehead atoms. The largest absolute Gasteiger partial charge is 0.374 e. The van der Waals surface area contributed by atoms with Crippen molar-refractivity contribution in [2.75, 3.05) is 26.2 Å². The highest BCUT2D eigenvalue weighted by Crippen LogP contribution is 2.24. The first-order chi connectivity index (χ1) is 14.4. The molecule has 0 aromatic heterocycles. The zero-order valence-corrected chi connectivity index (χ0v) is 17.8. The number of hydrogen-bond acceptors (Lipinski definition) is 4. The summed E-state index contributed by atoms with van der Waals surface area (Å²) in [4.78, 5) is 11.9. The molecule has 1 fully saturated rings. The molecular weight excluding hydrogens is 407 g/mol. The number of carbonyl (C=O) groups excluding carboxylic acids is 1. The monoisotopic (exact) mass is 434 g/mol. The van der Waals surface area contributed by atoms with Gasteiger partial charge in [-0.15, -0.1) is 0 Å². The van der Waals surface area contributed by atoms with E-state index in [1.165, 1.54) is 10.4 Å². The van der Waals surface area contributed by atoms with Crippen molar-refractivity contribution in [3.05, 3.63) is 65.5 Å². The van der Waals surface area contributed by atoms with Gasteiger partial charge in [-0.2, -0.15) is 4.31 Å². The van der Waals surface area contributed by atoms with Crippen LogP contribution in [0.25, 0.3) is 0 Å². The maximum atomic E-state index is 14.2. The molecule has 3 rings (SSSR count). The number of sulfonamides is 1. The first-order valence-electron chi connectivity index (χ1n) is 10.1. The summed E-state index contributed by atoms with van der Waals surface area (Å²) in [5.41, 5.74) is 1.20. The highest BCUT2D eigenvalue weighted by Gasteiger charge is 2.30. The predicted octanol–water partition coefficient (Wildman–Crippen LogP) is 3.51. The van der Waals surface area contributed by atoms with Gasteiger partial charge < -0.3 is 10.1 Å². The summed E-state index contributed by atoms with van der Waals surface area (Å²) in [6.07, 6.45) is 2.07. The van der Waals surface area contributed by atoms with Gasteiger partial charge in [0.2, 0.25) is 10.0 Å². The van der Waals surface area contributed by atoms with Gasteiger partial charge in [-0.3, -0.25) is 4.79 Å². The average molecular weight is 435 g/mol. The molecule has 30 heavy (non-hydrogen) atoms. The maximum Gasteiger partial charge on any atom is 0.251 e. The molecular formula is C22H27FN2O4S. The van der Waals surface area contributed by atoms with Gasteiger partial charge in [0.1, 0.15) is 10.7 Å². The first kappa shape index (κ1) is 22.4. The number of halogens is 1. The van der Waals surface area contributed by atoms with Gasteiger partial charge in [-0.1, -0.05) is 30.3 Å². The Hall–Kier alpha value is -2.29. The Morgan fingerprint density at radius 3 is 2.57 bits per heavy atom. The highest BCUT2D eigenvalue weighted by molar-refractivity contribution is 7.89. The van der Waals surface area contributed by atoms with E-state index >= 15 is 0 Å². The summed E-state index contributed by atoms with van der Waals surface area (Å²) in [5, 5.41) is 2.73. The van der Waals surface area contributed by atoms with Crippen LogP contribution in [0.5, 0.6) is 0 Å². The number of nitrogens with one attached hydrogen (secondary N) is 1. The van der Waals surface area contributed by atoms with Crippen molar-refractivity contribution >= 4 is 15.9 Å². The van der Waals surface area contributed by atoms with Crippen LogP contribution in [0.1, 0.15) is 48.2 Å². The van der Waals surface area contributed by atoms with E-state index in [1.54, 1.807) is 0 Å². The van der Waals surface area contributed by atoms with Crippen molar-refractivity contribution < 1.29 is 22.3 Å². The van der Waals surface area contributed by atoms with E-state index in [2.05, 4.69) is 5.32 Å². The van der Waals surface area contributed by atoms with Gasteiger partial charge in [-0.25, -0.2) is 12.8 Å². The van der Waals surface area contributed by atoms with E-state index in [9.17, 15) is 17.6 Å². The second-order valence-corrected chi connectivity index (χ2v) is 9.20. The molecule has 8 heteroatoms. The molecule has 1 aliphatic rings. The van der Waals surface area contributed by atoms with Crippen molar-refractivity contribution in [3.8, 4) is 0 Å². The third kappa shape index (κ3) is 5.44. The fourth-order valence-electron chi connectivity index (χ4n) is 3.37. The molecule has 0 saturated carbocycles. The van der Waals surface area contributed by atoms with E-state index in [0.29, 0.717) is 32.7 Å². The molecule has 2 aromatic carbocycles. The molecule has 1 saturated heterocycles.